The summed E-state index contributed by atoms with van der Waals surface area (Å²) in [5.74, 6) is -1.06. The molecule has 0 aliphatic rings. The molecule has 0 unspecified atom stereocenters. The van der Waals surface area contributed by atoms with Gasteiger partial charge in [-0.25, -0.2) is 9.18 Å². The number of likely N-dealkylation sites (N-methyl/N-ethyl adjacent to an activating group) is 1. The van der Waals surface area contributed by atoms with Crippen LogP contribution in [0.5, 0.6) is 0 Å². The number of rotatable bonds is 5. The van der Waals surface area contributed by atoms with E-state index in [0.29, 0.717) is 5.56 Å². The molecule has 2 aromatic carbocycles. The monoisotopic (exact) mass is 349 g/mol. The van der Waals surface area contributed by atoms with Crippen LogP contribution in [0.3, 0.4) is 0 Å². The Labute approximate surface area is 144 Å². The van der Waals surface area contributed by atoms with E-state index in [0.717, 1.165) is 0 Å². The molecule has 0 saturated carbocycles. The molecular weight excluding hydrogens is 333 g/mol. The molecule has 0 aliphatic carbocycles. The van der Waals surface area contributed by atoms with Crippen LogP contribution in [0.1, 0.15) is 17.2 Å². The highest BCUT2D eigenvalue weighted by Gasteiger charge is 2.27. The van der Waals surface area contributed by atoms with Crippen molar-refractivity contribution in [3.63, 3.8) is 0 Å². The number of hydrogen-bond donors (Lipinski definition) is 2. The smallest absolute Gasteiger partial charge is 0.318 e. The van der Waals surface area contributed by atoms with Gasteiger partial charge in [0.05, 0.1) is 0 Å². The van der Waals surface area contributed by atoms with E-state index in [4.69, 9.17) is 17.3 Å². The quantitative estimate of drug-likeness (QED) is 0.871. The maximum Gasteiger partial charge on any atom is 0.318 e. The predicted molar refractivity (Wildman–Crippen MR) is 89.8 cm³/mol. The molecule has 0 aliphatic heterocycles. The molecule has 0 saturated heterocycles. The van der Waals surface area contributed by atoms with E-state index < -0.39 is 23.8 Å². The van der Waals surface area contributed by atoms with Crippen molar-refractivity contribution in [1.29, 1.82) is 0 Å². The van der Waals surface area contributed by atoms with Gasteiger partial charge in [0.2, 0.25) is 5.91 Å². The lowest BCUT2D eigenvalue weighted by Crippen LogP contribution is -2.43. The van der Waals surface area contributed by atoms with Crippen molar-refractivity contribution in [3.05, 3.63) is 70.5 Å². The average molecular weight is 350 g/mol. The van der Waals surface area contributed by atoms with Gasteiger partial charge in [-0.15, -0.1) is 0 Å². The standard InChI is InChI=1S/C17H17ClFN3O2/c1-22(10-12-13(18)8-5-9-14(12)19)15(16(23)21-17(20)24)11-6-3-2-4-7-11/h2-9,15H,10H2,1H3,(H3,20,21,23,24)/t15-/m0/s1. The summed E-state index contributed by atoms with van der Waals surface area (Å²) in [6.45, 7) is 0.0806. The molecule has 0 spiro atoms. The Morgan fingerprint density at radius 2 is 1.88 bits per heavy atom. The molecule has 0 heterocycles. The molecule has 126 valence electrons. The van der Waals surface area contributed by atoms with Crippen molar-refractivity contribution in [2.75, 3.05) is 7.05 Å². The van der Waals surface area contributed by atoms with Crippen molar-refractivity contribution >= 4 is 23.5 Å². The first-order valence-corrected chi connectivity index (χ1v) is 7.56. The van der Waals surface area contributed by atoms with Crippen molar-refractivity contribution in [2.45, 2.75) is 12.6 Å². The summed E-state index contributed by atoms with van der Waals surface area (Å²) in [4.78, 5) is 25.0. The molecule has 3 amide bonds. The van der Waals surface area contributed by atoms with E-state index in [1.54, 1.807) is 48.3 Å². The van der Waals surface area contributed by atoms with Crippen molar-refractivity contribution < 1.29 is 14.0 Å². The third kappa shape index (κ3) is 4.31. The molecule has 24 heavy (non-hydrogen) atoms. The number of imide groups is 1. The lowest BCUT2D eigenvalue weighted by Gasteiger charge is -2.27. The maximum absolute atomic E-state index is 14.0. The normalized spacial score (nSPS) is 12.0. The van der Waals surface area contributed by atoms with Gasteiger partial charge in [0, 0.05) is 17.1 Å². The second-order valence-corrected chi connectivity index (χ2v) is 5.69. The fourth-order valence-electron chi connectivity index (χ4n) is 2.46. The molecule has 2 aromatic rings. The molecular formula is C17H17ClFN3O2. The molecule has 2 rings (SSSR count). The summed E-state index contributed by atoms with van der Waals surface area (Å²) in [6, 6.07) is 11.4. The number of urea groups is 1. The summed E-state index contributed by atoms with van der Waals surface area (Å²) in [5.41, 5.74) is 5.96. The number of hydrogen-bond acceptors (Lipinski definition) is 3. The highest BCUT2D eigenvalue weighted by Crippen LogP contribution is 2.26. The molecule has 7 heteroatoms. The van der Waals surface area contributed by atoms with Crippen molar-refractivity contribution in [2.24, 2.45) is 5.73 Å². The summed E-state index contributed by atoms with van der Waals surface area (Å²) in [6.07, 6.45) is 0. The van der Waals surface area contributed by atoms with E-state index in [9.17, 15) is 14.0 Å². The van der Waals surface area contributed by atoms with Gasteiger partial charge in [0.25, 0.3) is 0 Å². The number of nitrogens with two attached hydrogens (primary N) is 1. The summed E-state index contributed by atoms with van der Waals surface area (Å²) >= 11 is 6.05. The van der Waals surface area contributed by atoms with E-state index in [1.807, 2.05) is 0 Å². The number of amides is 3. The molecule has 0 bridgehead atoms. The van der Waals surface area contributed by atoms with Crippen LogP contribution in [-0.4, -0.2) is 23.9 Å². The Morgan fingerprint density at radius 3 is 2.46 bits per heavy atom. The zero-order chi connectivity index (χ0) is 17.7. The first-order valence-electron chi connectivity index (χ1n) is 7.18. The summed E-state index contributed by atoms with van der Waals surface area (Å²) < 4.78 is 14.0. The van der Waals surface area contributed by atoms with Gasteiger partial charge >= 0.3 is 6.03 Å². The fourth-order valence-corrected chi connectivity index (χ4v) is 2.68. The van der Waals surface area contributed by atoms with Gasteiger partial charge in [-0.05, 0) is 24.7 Å². The molecule has 5 nitrogen and oxygen atoms in total. The zero-order valence-electron chi connectivity index (χ0n) is 13.0. The number of carbonyl (C=O) groups is 2. The van der Waals surface area contributed by atoms with Crippen LogP contribution in [0, 0.1) is 5.82 Å². The highest BCUT2D eigenvalue weighted by atomic mass is 35.5. The molecule has 3 N–H and O–H groups in total. The van der Waals surface area contributed by atoms with Crippen LogP contribution in [0.15, 0.2) is 48.5 Å². The third-order valence-corrected chi connectivity index (χ3v) is 3.87. The van der Waals surface area contributed by atoms with E-state index in [-0.39, 0.29) is 17.1 Å². The van der Waals surface area contributed by atoms with Crippen molar-refractivity contribution in [1.82, 2.24) is 10.2 Å². The number of halogens is 2. The minimum absolute atomic E-state index is 0.0806. The van der Waals surface area contributed by atoms with Crippen LogP contribution < -0.4 is 11.1 Å². The Hall–Kier alpha value is -2.44. The number of carbonyl (C=O) groups excluding carboxylic acids is 2. The van der Waals surface area contributed by atoms with Gasteiger partial charge in [0.1, 0.15) is 11.9 Å². The SMILES string of the molecule is CN(Cc1c(F)cccc1Cl)[C@H](C(=O)NC(N)=O)c1ccccc1. The molecule has 0 fully saturated rings. The minimum Gasteiger partial charge on any atom is -0.351 e. The van der Waals surface area contributed by atoms with Crippen LogP contribution in [0.4, 0.5) is 9.18 Å². The predicted octanol–water partition coefficient (Wildman–Crippen LogP) is 2.85. The second kappa shape index (κ2) is 7.90. The summed E-state index contributed by atoms with van der Waals surface area (Å²) in [7, 11) is 1.64. The lowest BCUT2D eigenvalue weighted by atomic mass is 10.0. The van der Waals surface area contributed by atoms with Crippen LogP contribution in [0.25, 0.3) is 0 Å². The Kier molecular flexibility index (Phi) is 5.89. The lowest BCUT2D eigenvalue weighted by molar-refractivity contribution is -0.125. The van der Waals surface area contributed by atoms with Gasteiger partial charge in [0.15, 0.2) is 0 Å². The van der Waals surface area contributed by atoms with Crippen molar-refractivity contribution in [3.8, 4) is 0 Å². The molecule has 0 radical (unpaired) electrons. The second-order valence-electron chi connectivity index (χ2n) is 5.28. The molecule has 0 aromatic heterocycles. The minimum atomic E-state index is -0.946. The van der Waals surface area contributed by atoms with Gasteiger partial charge in [-0.1, -0.05) is 48.0 Å². The van der Waals surface area contributed by atoms with Gasteiger partial charge in [-0.2, -0.15) is 0 Å². The number of nitrogens with zero attached hydrogens (tertiary/aromatic N) is 1. The van der Waals surface area contributed by atoms with Gasteiger partial charge < -0.3 is 5.73 Å². The fraction of sp³-hybridized carbons (Fsp3) is 0.176. The average Bonchev–Trinajstić information content (AvgIpc) is 2.51. The summed E-state index contributed by atoms with van der Waals surface area (Å²) in [5, 5.41) is 2.34. The first-order chi connectivity index (χ1) is 11.4. The highest BCUT2D eigenvalue weighted by molar-refractivity contribution is 6.31. The Morgan fingerprint density at radius 1 is 1.21 bits per heavy atom. The maximum atomic E-state index is 14.0. The Balaban J connectivity index is 2.32. The van der Waals surface area contributed by atoms with E-state index >= 15 is 0 Å². The van der Waals surface area contributed by atoms with Crippen LogP contribution in [-0.2, 0) is 11.3 Å². The Bertz CT molecular complexity index is 720. The topological polar surface area (TPSA) is 75.4 Å². The number of primary amides is 1. The zero-order valence-corrected chi connectivity index (χ0v) is 13.8. The van der Waals surface area contributed by atoms with E-state index in [1.165, 1.54) is 12.1 Å². The number of nitrogens with one attached hydrogen (secondary N) is 1. The van der Waals surface area contributed by atoms with Gasteiger partial charge in [-0.3, -0.25) is 15.0 Å². The molecule has 1 atom stereocenters. The first kappa shape index (κ1) is 17.9. The third-order valence-electron chi connectivity index (χ3n) is 3.52. The largest absolute Gasteiger partial charge is 0.351 e. The van der Waals surface area contributed by atoms with Crippen LogP contribution in [0.2, 0.25) is 5.02 Å². The van der Waals surface area contributed by atoms with E-state index in [2.05, 4.69) is 5.32 Å². The van der Waals surface area contributed by atoms with Crippen LogP contribution >= 0.6 is 11.6 Å². The number of benzene rings is 2.